The Hall–Kier alpha value is -3.32. The number of ether oxygens (including phenoxy) is 1. The van der Waals surface area contributed by atoms with E-state index in [1.54, 1.807) is 18.2 Å². The molecule has 31 heavy (non-hydrogen) atoms. The Kier molecular flexibility index (Phi) is 5.95. The normalized spacial score (nSPS) is 13.5. The van der Waals surface area contributed by atoms with Crippen molar-refractivity contribution in [3.05, 3.63) is 87.7 Å². The van der Waals surface area contributed by atoms with Crippen molar-refractivity contribution in [3.63, 3.8) is 0 Å². The highest BCUT2D eigenvalue weighted by Gasteiger charge is 2.22. The summed E-state index contributed by atoms with van der Waals surface area (Å²) in [6.45, 7) is -0.0883. The minimum Gasteiger partial charge on any atom is -0.543 e. The number of aromatic nitrogens is 2. The van der Waals surface area contributed by atoms with E-state index in [1.807, 2.05) is 0 Å². The molecular formula is C23H16ClF2N2O3-. The summed E-state index contributed by atoms with van der Waals surface area (Å²) in [6, 6.07) is 9.87. The topological polar surface area (TPSA) is 75.1 Å². The van der Waals surface area contributed by atoms with Gasteiger partial charge in [0.1, 0.15) is 29.7 Å². The standard InChI is InChI=1S/C23H17ClF2N2O3/c24-15-5-7-22(31-12-13-4-6-16(25)10-20(13)26)19(9-15)18-3-1-2-17(18)14-8-21(23(29)30)28-27-11-14/h4-11H,1-3,12H2,(H,29,30)/p-1. The van der Waals surface area contributed by atoms with E-state index >= 15 is 0 Å². The van der Waals surface area contributed by atoms with Crippen molar-refractivity contribution in [3.8, 4) is 5.75 Å². The minimum absolute atomic E-state index is 0.0883. The average molecular weight is 442 g/mol. The lowest BCUT2D eigenvalue weighted by atomic mass is 9.97. The molecule has 4 rings (SSSR count). The maximum atomic E-state index is 14.0. The minimum atomic E-state index is -1.40. The average Bonchev–Trinajstić information content (AvgIpc) is 3.23. The summed E-state index contributed by atoms with van der Waals surface area (Å²) in [5, 5.41) is 19.0. The number of rotatable bonds is 6. The first-order valence-electron chi connectivity index (χ1n) is 9.55. The second kappa shape index (κ2) is 8.81. The van der Waals surface area contributed by atoms with E-state index in [0.29, 0.717) is 22.8 Å². The quantitative estimate of drug-likeness (QED) is 0.565. The predicted molar refractivity (Wildman–Crippen MR) is 109 cm³/mol. The van der Waals surface area contributed by atoms with Crippen LogP contribution in [0.1, 0.15) is 46.4 Å². The summed E-state index contributed by atoms with van der Waals surface area (Å²) in [5.74, 6) is -2.25. The fraction of sp³-hybridized carbons (Fsp3) is 0.174. The Labute approximate surface area is 182 Å². The molecule has 3 aromatic rings. The molecule has 5 nitrogen and oxygen atoms in total. The second-order valence-corrected chi connectivity index (χ2v) is 7.53. The summed E-state index contributed by atoms with van der Waals surface area (Å²) in [4.78, 5) is 11.2. The number of nitrogens with zero attached hydrogens (tertiary/aromatic N) is 2. The van der Waals surface area contributed by atoms with Gasteiger partial charge in [-0.3, -0.25) is 0 Å². The Morgan fingerprint density at radius 2 is 1.90 bits per heavy atom. The van der Waals surface area contributed by atoms with Crippen LogP contribution in [-0.2, 0) is 6.61 Å². The molecule has 0 spiro atoms. The van der Waals surface area contributed by atoms with E-state index in [-0.39, 0.29) is 17.9 Å². The molecule has 0 aliphatic heterocycles. The molecule has 0 saturated carbocycles. The number of carboxylic acid groups (broad SMARTS) is 1. The number of allylic oxidation sites excluding steroid dienone is 2. The summed E-state index contributed by atoms with van der Waals surface area (Å²) in [7, 11) is 0. The molecule has 0 amide bonds. The first kappa shape index (κ1) is 20.9. The molecule has 0 unspecified atom stereocenters. The van der Waals surface area contributed by atoms with Crippen molar-refractivity contribution >= 4 is 28.7 Å². The van der Waals surface area contributed by atoms with Crippen molar-refractivity contribution in [2.24, 2.45) is 0 Å². The zero-order valence-electron chi connectivity index (χ0n) is 16.2. The molecule has 1 aromatic heterocycles. The maximum absolute atomic E-state index is 14.0. The van der Waals surface area contributed by atoms with Crippen LogP contribution in [0.15, 0.2) is 48.7 Å². The van der Waals surface area contributed by atoms with Crippen molar-refractivity contribution < 1.29 is 23.4 Å². The van der Waals surface area contributed by atoms with E-state index in [9.17, 15) is 18.7 Å². The van der Waals surface area contributed by atoms with E-state index in [2.05, 4.69) is 10.2 Å². The third-order valence-corrected chi connectivity index (χ3v) is 5.33. The van der Waals surface area contributed by atoms with Crippen molar-refractivity contribution in [2.45, 2.75) is 25.9 Å². The summed E-state index contributed by atoms with van der Waals surface area (Å²) in [6.07, 6.45) is 3.80. The molecule has 158 valence electrons. The molecular weight excluding hydrogens is 426 g/mol. The Balaban J connectivity index is 1.71. The van der Waals surface area contributed by atoms with E-state index < -0.39 is 17.6 Å². The molecule has 0 bridgehead atoms. The smallest absolute Gasteiger partial charge is 0.132 e. The monoisotopic (exact) mass is 441 g/mol. The van der Waals surface area contributed by atoms with E-state index in [4.69, 9.17) is 16.3 Å². The number of carbonyl (C=O) groups is 1. The Morgan fingerprint density at radius 1 is 1.10 bits per heavy atom. The van der Waals surface area contributed by atoms with E-state index in [0.717, 1.165) is 35.6 Å². The number of hydrogen-bond donors (Lipinski definition) is 0. The number of benzene rings is 2. The highest BCUT2D eigenvalue weighted by molar-refractivity contribution is 6.30. The van der Waals surface area contributed by atoms with Crippen LogP contribution in [-0.4, -0.2) is 16.2 Å². The zero-order valence-corrected chi connectivity index (χ0v) is 17.0. The molecule has 1 aliphatic carbocycles. The molecule has 2 aromatic carbocycles. The van der Waals surface area contributed by atoms with Gasteiger partial charge in [-0.25, -0.2) is 8.78 Å². The number of hydrogen-bond acceptors (Lipinski definition) is 5. The van der Waals surface area contributed by atoms with Gasteiger partial charge in [-0.1, -0.05) is 11.6 Å². The maximum Gasteiger partial charge on any atom is 0.132 e. The number of aromatic carboxylic acids is 1. The second-order valence-electron chi connectivity index (χ2n) is 7.09. The van der Waals surface area contributed by atoms with E-state index in [1.165, 1.54) is 24.4 Å². The zero-order chi connectivity index (χ0) is 22.0. The number of carbonyl (C=O) groups excluding carboxylic acids is 1. The molecule has 8 heteroatoms. The van der Waals surface area contributed by atoms with Crippen molar-refractivity contribution in [1.82, 2.24) is 10.2 Å². The number of halogens is 3. The predicted octanol–water partition coefficient (Wildman–Crippen LogP) is 4.45. The Morgan fingerprint density at radius 3 is 2.68 bits per heavy atom. The molecule has 0 radical (unpaired) electrons. The van der Waals surface area contributed by atoms with Crippen molar-refractivity contribution in [2.75, 3.05) is 0 Å². The van der Waals surface area contributed by atoms with Crippen LogP contribution in [0.2, 0.25) is 5.02 Å². The van der Waals surface area contributed by atoms with Gasteiger partial charge in [-0.15, -0.1) is 5.10 Å². The lowest BCUT2D eigenvalue weighted by Gasteiger charge is -2.15. The molecule has 1 heterocycles. The lowest BCUT2D eigenvalue weighted by molar-refractivity contribution is -0.255. The molecule has 0 saturated heterocycles. The number of carboxylic acids is 1. The van der Waals surface area contributed by atoms with Gasteiger partial charge >= 0.3 is 0 Å². The van der Waals surface area contributed by atoms with Gasteiger partial charge in [0, 0.05) is 27.8 Å². The highest BCUT2D eigenvalue weighted by atomic mass is 35.5. The van der Waals surface area contributed by atoms with Crippen LogP contribution in [0.25, 0.3) is 11.1 Å². The fourth-order valence-corrected chi connectivity index (χ4v) is 3.82. The third-order valence-electron chi connectivity index (χ3n) is 5.09. The molecule has 0 atom stereocenters. The largest absolute Gasteiger partial charge is 0.543 e. The van der Waals surface area contributed by atoms with Gasteiger partial charge in [-0.05, 0) is 66.8 Å². The lowest BCUT2D eigenvalue weighted by Crippen LogP contribution is -2.24. The van der Waals surface area contributed by atoms with Gasteiger partial charge in [0.05, 0.1) is 12.2 Å². The third kappa shape index (κ3) is 4.56. The SMILES string of the molecule is O=C([O-])c1cc(C2=C(c3cc(Cl)ccc3OCc3ccc(F)cc3F)CCC2)cnn1. The Bertz CT molecular complexity index is 1200. The fourth-order valence-electron chi connectivity index (χ4n) is 3.65. The van der Waals surface area contributed by atoms with Crippen LogP contribution in [0.5, 0.6) is 5.75 Å². The first-order chi connectivity index (χ1) is 14.9. The van der Waals surface area contributed by atoms with Crippen LogP contribution in [0.3, 0.4) is 0 Å². The summed E-state index contributed by atoms with van der Waals surface area (Å²) >= 11 is 6.23. The van der Waals surface area contributed by atoms with Gasteiger partial charge in [0.15, 0.2) is 0 Å². The van der Waals surface area contributed by atoms with Crippen molar-refractivity contribution in [1.29, 1.82) is 0 Å². The highest BCUT2D eigenvalue weighted by Crippen LogP contribution is 2.43. The van der Waals surface area contributed by atoms with Gasteiger partial charge in [-0.2, -0.15) is 5.10 Å². The molecule has 1 aliphatic rings. The first-order valence-corrected chi connectivity index (χ1v) is 9.93. The van der Waals surface area contributed by atoms with Gasteiger partial charge in [0.25, 0.3) is 0 Å². The van der Waals surface area contributed by atoms with Gasteiger partial charge in [0.2, 0.25) is 0 Å². The molecule has 0 N–H and O–H groups in total. The van der Waals surface area contributed by atoms with Crippen LogP contribution in [0.4, 0.5) is 8.78 Å². The van der Waals surface area contributed by atoms with Crippen LogP contribution < -0.4 is 9.84 Å². The van der Waals surface area contributed by atoms with Crippen LogP contribution >= 0.6 is 11.6 Å². The van der Waals surface area contributed by atoms with Crippen LogP contribution in [0, 0.1) is 11.6 Å². The summed E-state index contributed by atoms with van der Waals surface area (Å²) < 4.78 is 33.0. The van der Waals surface area contributed by atoms with Gasteiger partial charge < -0.3 is 14.6 Å². The molecule has 0 fully saturated rings. The summed E-state index contributed by atoms with van der Waals surface area (Å²) in [5.41, 5.74) is 3.20.